The van der Waals surface area contributed by atoms with Gasteiger partial charge in [-0.15, -0.1) is 11.3 Å². The van der Waals surface area contributed by atoms with E-state index in [9.17, 15) is 0 Å². The van der Waals surface area contributed by atoms with Crippen molar-refractivity contribution in [3.8, 4) is 10.7 Å². The van der Waals surface area contributed by atoms with Crippen LogP contribution in [-0.4, -0.2) is 9.97 Å². The first-order valence-corrected chi connectivity index (χ1v) is 7.24. The molecule has 0 saturated heterocycles. The van der Waals surface area contributed by atoms with E-state index in [1.807, 2.05) is 6.07 Å². The Morgan fingerprint density at radius 1 is 1.35 bits per heavy atom. The summed E-state index contributed by atoms with van der Waals surface area (Å²) in [5.74, 6) is 0.861. The number of thiophene rings is 1. The van der Waals surface area contributed by atoms with Crippen LogP contribution in [0.4, 0.5) is 0 Å². The highest BCUT2D eigenvalue weighted by molar-refractivity contribution is 9.11. The van der Waals surface area contributed by atoms with E-state index < -0.39 is 0 Å². The molecule has 17 heavy (non-hydrogen) atoms. The molecule has 0 aliphatic carbocycles. The first-order chi connectivity index (χ1) is 8.28. The van der Waals surface area contributed by atoms with Gasteiger partial charge in [-0.2, -0.15) is 0 Å². The van der Waals surface area contributed by atoms with Crippen LogP contribution in [0.25, 0.3) is 10.7 Å². The third-order valence-electron chi connectivity index (χ3n) is 2.90. The Morgan fingerprint density at radius 2 is 2.24 bits per heavy atom. The van der Waals surface area contributed by atoms with E-state index in [1.54, 1.807) is 11.3 Å². The fourth-order valence-electron chi connectivity index (χ4n) is 2.08. The molecule has 0 bridgehead atoms. The molecule has 0 saturated carbocycles. The van der Waals surface area contributed by atoms with Crippen LogP contribution < -0.4 is 5.32 Å². The topological polar surface area (TPSA) is 37.8 Å². The maximum Gasteiger partial charge on any atom is 0.170 e. The lowest BCUT2D eigenvalue weighted by Gasteiger charge is -2.06. The highest BCUT2D eigenvalue weighted by Gasteiger charge is 2.18. The van der Waals surface area contributed by atoms with Gasteiger partial charge in [0.25, 0.3) is 0 Å². The summed E-state index contributed by atoms with van der Waals surface area (Å²) in [5, 5.41) is 3.34. The Bertz CT molecular complexity index is 565. The van der Waals surface area contributed by atoms with Crippen LogP contribution in [-0.2, 0) is 19.5 Å². The molecule has 0 aromatic carbocycles. The average Bonchev–Trinajstić information content (AvgIpc) is 2.95. The number of aryl methyl sites for hydroxylation is 1. The number of hydrogen-bond donors (Lipinski definition) is 1. The van der Waals surface area contributed by atoms with E-state index in [0.29, 0.717) is 0 Å². The normalized spacial score (nSPS) is 14.0. The molecule has 2 aromatic rings. The Hall–Kier alpha value is -0.780. The minimum atomic E-state index is 0.861. The van der Waals surface area contributed by atoms with Gasteiger partial charge in [-0.1, -0.05) is 6.92 Å². The highest BCUT2D eigenvalue weighted by atomic mass is 79.9. The minimum Gasteiger partial charge on any atom is -0.307 e. The van der Waals surface area contributed by atoms with E-state index in [1.165, 1.54) is 11.3 Å². The fraction of sp³-hybridized carbons (Fsp3) is 0.333. The number of fused-ring (bicyclic) bond motifs is 1. The molecule has 0 fully saturated rings. The molecule has 3 nitrogen and oxygen atoms in total. The first kappa shape index (κ1) is 11.3. The third kappa shape index (κ3) is 2.03. The molecule has 1 aliphatic rings. The fourth-order valence-corrected chi connectivity index (χ4v) is 3.40. The van der Waals surface area contributed by atoms with E-state index in [2.05, 4.69) is 44.2 Å². The second-order valence-corrected chi connectivity index (χ2v) is 6.44. The molecule has 0 unspecified atom stereocenters. The lowest BCUT2D eigenvalue weighted by molar-refractivity contribution is 0.755. The van der Waals surface area contributed by atoms with Crippen molar-refractivity contribution >= 4 is 27.3 Å². The Morgan fingerprint density at radius 3 is 2.94 bits per heavy atom. The van der Waals surface area contributed by atoms with Crippen LogP contribution in [0, 0.1) is 0 Å². The van der Waals surface area contributed by atoms with Crippen molar-refractivity contribution in [1.82, 2.24) is 15.3 Å². The number of aromatic nitrogens is 2. The zero-order valence-electron chi connectivity index (χ0n) is 9.46. The largest absolute Gasteiger partial charge is 0.307 e. The van der Waals surface area contributed by atoms with Crippen molar-refractivity contribution in [2.45, 2.75) is 26.4 Å². The number of hydrogen-bond acceptors (Lipinski definition) is 4. The quantitative estimate of drug-likeness (QED) is 0.926. The Kier molecular flexibility index (Phi) is 2.98. The molecule has 1 N–H and O–H groups in total. The summed E-state index contributed by atoms with van der Waals surface area (Å²) in [5.41, 5.74) is 3.64. The molecular formula is C12H12BrN3S. The van der Waals surface area contributed by atoms with Crippen LogP contribution in [0.3, 0.4) is 0 Å². The van der Waals surface area contributed by atoms with Crippen molar-refractivity contribution in [2.24, 2.45) is 0 Å². The number of nitrogens with zero attached hydrogens (tertiary/aromatic N) is 2. The van der Waals surface area contributed by atoms with Gasteiger partial charge in [0.15, 0.2) is 5.82 Å². The molecule has 0 radical (unpaired) electrons. The van der Waals surface area contributed by atoms with Crippen molar-refractivity contribution < 1.29 is 0 Å². The Balaban J connectivity index is 2.12. The average molecular weight is 310 g/mol. The molecule has 3 rings (SSSR count). The van der Waals surface area contributed by atoms with Crippen LogP contribution in [0.5, 0.6) is 0 Å². The predicted molar refractivity (Wildman–Crippen MR) is 73.0 cm³/mol. The SMILES string of the molecule is CCc1nc(-c2ccc(Br)s2)nc2c1CNC2. The molecule has 0 amide bonds. The predicted octanol–water partition coefficient (Wildman–Crippen LogP) is 3.13. The minimum absolute atomic E-state index is 0.861. The van der Waals surface area contributed by atoms with Gasteiger partial charge >= 0.3 is 0 Å². The molecule has 88 valence electrons. The smallest absolute Gasteiger partial charge is 0.170 e. The van der Waals surface area contributed by atoms with E-state index in [4.69, 9.17) is 0 Å². The van der Waals surface area contributed by atoms with Gasteiger partial charge in [-0.25, -0.2) is 9.97 Å². The third-order valence-corrected chi connectivity index (χ3v) is 4.52. The van der Waals surface area contributed by atoms with Crippen LogP contribution in [0.1, 0.15) is 23.9 Å². The molecule has 3 heterocycles. The molecule has 0 atom stereocenters. The van der Waals surface area contributed by atoms with Gasteiger partial charge in [0.1, 0.15) is 0 Å². The molecular weight excluding hydrogens is 298 g/mol. The van der Waals surface area contributed by atoms with Gasteiger partial charge in [-0.05, 0) is 34.5 Å². The van der Waals surface area contributed by atoms with Gasteiger partial charge in [0.2, 0.25) is 0 Å². The van der Waals surface area contributed by atoms with Crippen molar-refractivity contribution in [1.29, 1.82) is 0 Å². The summed E-state index contributed by atoms with van der Waals surface area (Å²) in [6.45, 7) is 3.92. The lowest BCUT2D eigenvalue weighted by Crippen LogP contribution is -2.02. The Labute approximate surface area is 112 Å². The van der Waals surface area contributed by atoms with Crippen LogP contribution in [0.2, 0.25) is 0 Å². The lowest BCUT2D eigenvalue weighted by atomic mass is 10.1. The summed E-state index contributed by atoms with van der Waals surface area (Å²) in [6, 6.07) is 4.11. The maximum absolute atomic E-state index is 4.68. The number of halogens is 1. The second-order valence-electron chi connectivity index (χ2n) is 3.98. The summed E-state index contributed by atoms with van der Waals surface area (Å²) in [7, 11) is 0. The number of nitrogens with one attached hydrogen (secondary N) is 1. The molecule has 1 aliphatic heterocycles. The van der Waals surface area contributed by atoms with E-state index >= 15 is 0 Å². The van der Waals surface area contributed by atoms with E-state index in [0.717, 1.165) is 39.7 Å². The highest BCUT2D eigenvalue weighted by Crippen LogP contribution is 2.30. The van der Waals surface area contributed by atoms with Crippen molar-refractivity contribution in [3.63, 3.8) is 0 Å². The van der Waals surface area contributed by atoms with Crippen LogP contribution in [0.15, 0.2) is 15.9 Å². The zero-order valence-corrected chi connectivity index (χ0v) is 11.9. The van der Waals surface area contributed by atoms with E-state index in [-0.39, 0.29) is 0 Å². The molecule has 0 spiro atoms. The van der Waals surface area contributed by atoms with Crippen LogP contribution >= 0.6 is 27.3 Å². The summed E-state index contributed by atoms with van der Waals surface area (Å²) in [4.78, 5) is 10.5. The van der Waals surface area contributed by atoms with Gasteiger partial charge < -0.3 is 5.32 Å². The van der Waals surface area contributed by atoms with Gasteiger partial charge in [0, 0.05) is 24.3 Å². The summed E-state index contributed by atoms with van der Waals surface area (Å²) in [6.07, 6.45) is 0.964. The van der Waals surface area contributed by atoms with Gasteiger partial charge in [-0.3, -0.25) is 0 Å². The zero-order chi connectivity index (χ0) is 11.8. The molecule has 2 aromatic heterocycles. The summed E-state index contributed by atoms with van der Waals surface area (Å²) >= 11 is 5.15. The van der Waals surface area contributed by atoms with Gasteiger partial charge in [0.05, 0.1) is 14.4 Å². The maximum atomic E-state index is 4.68. The summed E-state index contributed by atoms with van der Waals surface area (Å²) < 4.78 is 1.12. The van der Waals surface area contributed by atoms with Crippen molar-refractivity contribution in [3.05, 3.63) is 32.9 Å². The number of rotatable bonds is 2. The monoisotopic (exact) mass is 309 g/mol. The van der Waals surface area contributed by atoms with Crippen molar-refractivity contribution in [2.75, 3.05) is 0 Å². The standard InChI is InChI=1S/C12H12BrN3S/c1-2-8-7-5-14-6-9(7)16-12(15-8)10-3-4-11(13)17-10/h3-4,14H,2,5-6H2,1H3. The first-order valence-electron chi connectivity index (χ1n) is 5.63. The molecule has 5 heteroatoms. The second kappa shape index (κ2) is 4.48.